The van der Waals surface area contributed by atoms with Gasteiger partial charge in [-0.3, -0.25) is 9.78 Å². The molecule has 1 aliphatic heterocycles. The number of likely N-dealkylation sites (tertiary alicyclic amines) is 1. The molecule has 1 amide bonds. The van der Waals surface area contributed by atoms with Crippen LogP contribution in [0.25, 0.3) is 0 Å². The van der Waals surface area contributed by atoms with Crippen LogP contribution in [0.3, 0.4) is 0 Å². The predicted octanol–water partition coefficient (Wildman–Crippen LogP) is 2.79. The van der Waals surface area contributed by atoms with Crippen molar-refractivity contribution in [2.24, 2.45) is 0 Å². The number of benzene rings is 1. The van der Waals surface area contributed by atoms with Crippen LogP contribution in [0, 0.1) is 0 Å². The molecule has 4 rings (SSSR count). The molecular weight excluding hydrogens is 288 g/mol. The van der Waals surface area contributed by atoms with Crippen LogP contribution in [0.1, 0.15) is 24.8 Å². The quantitative estimate of drug-likeness (QED) is 0.872. The number of rotatable bonds is 4. The summed E-state index contributed by atoms with van der Waals surface area (Å²) in [5, 5.41) is 0. The Morgan fingerprint density at radius 1 is 1.13 bits per heavy atom. The third-order valence-corrected chi connectivity index (χ3v) is 4.87. The van der Waals surface area contributed by atoms with Gasteiger partial charge in [0.25, 0.3) is 0 Å². The van der Waals surface area contributed by atoms with Crippen LogP contribution in [-0.4, -0.2) is 35.0 Å². The Balaban J connectivity index is 1.43. The standard InChI is InChI=1S/C19H20N2O2/c22-18(19(9-10-19)15-4-2-1-3-5-15)21-13-8-17(14-21)23-16-6-11-20-12-7-16/h1-7,11-12,17H,8-10,13-14H2/t17-/m0/s1. The van der Waals surface area contributed by atoms with E-state index in [1.165, 1.54) is 0 Å². The molecule has 1 atom stereocenters. The van der Waals surface area contributed by atoms with Crippen LogP contribution in [0.5, 0.6) is 5.75 Å². The minimum atomic E-state index is -0.271. The molecule has 4 heteroatoms. The molecule has 1 saturated heterocycles. The fourth-order valence-electron chi connectivity index (χ4n) is 3.43. The Labute approximate surface area is 136 Å². The summed E-state index contributed by atoms with van der Waals surface area (Å²) < 4.78 is 5.96. The van der Waals surface area contributed by atoms with Crippen LogP contribution >= 0.6 is 0 Å². The first-order chi connectivity index (χ1) is 11.3. The Bertz CT molecular complexity index is 683. The average molecular weight is 308 g/mol. The molecule has 4 nitrogen and oxygen atoms in total. The van der Waals surface area contributed by atoms with Crippen LogP contribution in [0.2, 0.25) is 0 Å². The highest BCUT2D eigenvalue weighted by Gasteiger charge is 2.53. The Morgan fingerprint density at radius 2 is 1.87 bits per heavy atom. The lowest BCUT2D eigenvalue weighted by Gasteiger charge is -2.23. The van der Waals surface area contributed by atoms with Gasteiger partial charge >= 0.3 is 0 Å². The summed E-state index contributed by atoms with van der Waals surface area (Å²) in [6.07, 6.45) is 6.33. The van der Waals surface area contributed by atoms with Gasteiger partial charge in [-0.25, -0.2) is 0 Å². The van der Waals surface area contributed by atoms with E-state index in [0.717, 1.165) is 37.1 Å². The zero-order valence-electron chi connectivity index (χ0n) is 13.0. The maximum Gasteiger partial charge on any atom is 0.233 e. The summed E-state index contributed by atoms with van der Waals surface area (Å²) in [5.74, 6) is 1.09. The van der Waals surface area contributed by atoms with E-state index in [2.05, 4.69) is 17.1 Å². The molecule has 0 spiro atoms. The maximum atomic E-state index is 13.0. The van der Waals surface area contributed by atoms with E-state index in [1.54, 1.807) is 12.4 Å². The minimum Gasteiger partial charge on any atom is -0.488 e. The van der Waals surface area contributed by atoms with Crippen LogP contribution < -0.4 is 4.74 Å². The summed E-state index contributed by atoms with van der Waals surface area (Å²) in [5.41, 5.74) is 0.885. The third kappa shape index (κ3) is 2.69. The van der Waals surface area contributed by atoms with Crippen LogP contribution in [0.4, 0.5) is 0 Å². The Morgan fingerprint density at radius 3 is 2.57 bits per heavy atom. The van der Waals surface area contributed by atoms with Crippen molar-refractivity contribution in [3.63, 3.8) is 0 Å². The lowest BCUT2D eigenvalue weighted by atomic mass is 9.94. The number of carbonyl (C=O) groups excluding carboxylic acids is 1. The van der Waals surface area contributed by atoms with Gasteiger partial charge in [-0.1, -0.05) is 30.3 Å². The summed E-state index contributed by atoms with van der Waals surface area (Å²) >= 11 is 0. The van der Waals surface area contributed by atoms with Gasteiger partial charge in [0.2, 0.25) is 5.91 Å². The monoisotopic (exact) mass is 308 g/mol. The first kappa shape index (κ1) is 14.2. The number of carbonyl (C=O) groups is 1. The second-order valence-electron chi connectivity index (χ2n) is 6.41. The number of hydrogen-bond acceptors (Lipinski definition) is 3. The second-order valence-corrected chi connectivity index (χ2v) is 6.41. The summed E-state index contributed by atoms with van der Waals surface area (Å²) in [6, 6.07) is 13.9. The smallest absolute Gasteiger partial charge is 0.233 e. The molecule has 2 aromatic rings. The van der Waals surface area contributed by atoms with Crippen molar-refractivity contribution in [2.45, 2.75) is 30.8 Å². The van der Waals surface area contributed by atoms with Crippen molar-refractivity contribution in [1.82, 2.24) is 9.88 Å². The molecule has 118 valence electrons. The third-order valence-electron chi connectivity index (χ3n) is 4.87. The number of aromatic nitrogens is 1. The van der Waals surface area contributed by atoms with E-state index in [1.807, 2.05) is 35.2 Å². The number of amides is 1. The van der Waals surface area contributed by atoms with Crippen LogP contribution in [-0.2, 0) is 10.2 Å². The van der Waals surface area contributed by atoms with Gasteiger partial charge in [0.1, 0.15) is 11.9 Å². The lowest BCUT2D eigenvalue weighted by Crippen LogP contribution is -2.38. The highest BCUT2D eigenvalue weighted by molar-refractivity contribution is 5.91. The van der Waals surface area contributed by atoms with E-state index >= 15 is 0 Å². The molecule has 23 heavy (non-hydrogen) atoms. The molecular formula is C19H20N2O2. The molecule has 1 aromatic heterocycles. The van der Waals surface area contributed by atoms with Gasteiger partial charge in [-0.2, -0.15) is 0 Å². The minimum absolute atomic E-state index is 0.0768. The van der Waals surface area contributed by atoms with Gasteiger partial charge in [0.05, 0.1) is 12.0 Å². The summed E-state index contributed by atoms with van der Waals surface area (Å²) in [4.78, 5) is 19.0. The number of ether oxygens (including phenoxy) is 1. The largest absolute Gasteiger partial charge is 0.488 e. The molecule has 0 bridgehead atoms. The predicted molar refractivity (Wildman–Crippen MR) is 87.2 cm³/mol. The van der Waals surface area contributed by atoms with Crippen molar-refractivity contribution in [3.8, 4) is 5.75 Å². The molecule has 2 aliphatic rings. The summed E-state index contributed by atoms with van der Waals surface area (Å²) in [7, 11) is 0. The average Bonchev–Trinajstić information content (AvgIpc) is 3.30. The van der Waals surface area contributed by atoms with Crippen molar-refractivity contribution in [3.05, 3.63) is 60.4 Å². The lowest BCUT2D eigenvalue weighted by molar-refractivity contribution is -0.133. The molecule has 2 heterocycles. The van der Waals surface area contributed by atoms with E-state index in [0.29, 0.717) is 6.54 Å². The summed E-state index contributed by atoms with van der Waals surface area (Å²) in [6.45, 7) is 1.46. The Kier molecular flexibility index (Phi) is 3.52. The molecule has 1 saturated carbocycles. The topological polar surface area (TPSA) is 42.4 Å². The van der Waals surface area contributed by atoms with Gasteiger partial charge in [-0.15, -0.1) is 0 Å². The van der Waals surface area contributed by atoms with Crippen molar-refractivity contribution >= 4 is 5.91 Å². The normalized spacial score (nSPS) is 21.9. The van der Waals surface area contributed by atoms with E-state index in [4.69, 9.17) is 4.74 Å². The highest BCUT2D eigenvalue weighted by atomic mass is 16.5. The SMILES string of the molecule is O=C(N1CC[C@H](Oc2ccncc2)C1)C1(c2ccccc2)CC1. The molecule has 1 aliphatic carbocycles. The van der Waals surface area contributed by atoms with E-state index < -0.39 is 0 Å². The van der Waals surface area contributed by atoms with E-state index in [9.17, 15) is 4.79 Å². The zero-order valence-corrected chi connectivity index (χ0v) is 13.0. The second kappa shape index (κ2) is 5.69. The zero-order chi connectivity index (χ0) is 15.7. The van der Waals surface area contributed by atoms with Crippen molar-refractivity contribution < 1.29 is 9.53 Å². The Hall–Kier alpha value is -2.36. The molecule has 0 radical (unpaired) electrons. The fourth-order valence-corrected chi connectivity index (χ4v) is 3.43. The van der Waals surface area contributed by atoms with Crippen molar-refractivity contribution in [1.29, 1.82) is 0 Å². The van der Waals surface area contributed by atoms with Crippen molar-refractivity contribution in [2.75, 3.05) is 13.1 Å². The highest BCUT2D eigenvalue weighted by Crippen LogP contribution is 2.49. The van der Waals surface area contributed by atoms with Crippen LogP contribution in [0.15, 0.2) is 54.9 Å². The van der Waals surface area contributed by atoms with Gasteiger partial charge in [-0.05, 0) is 30.5 Å². The molecule has 2 fully saturated rings. The molecule has 0 N–H and O–H groups in total. The van der Waals surface area contributed by atoms with Gasteiger partial charge in [0, 0.05) is 25.4 Å². The van der Waals surface area contributed by atoms with Gasteiger partial charge < -0.3 is 9.64 Å². The van der Waals surface area contributed by atoms with Gasteiger partial charge in [0.15, 0.2) is 0 Å². The molecule has 0 unspecified atom stereocenters. The maximum absolute atomic E-state index is 13.0. The fraction of sp³-hybridized carbons (Fsp3) is 0.368. The molecule has 1 aromatic carbocycles. The number of hydrogen-bond donors (Lipinski definition) is 0. The first-order valence-electron chi connectivity index (χ1n) is 8.19. The first-order valence-corrected chi connectivity index (χ1v) is 8.19. The number of pyridine rings is 1. The number of nitrogens with zero attached hydrogens (tertiary/aromatic N) is 2. The van der Waals surface area contributed by atoms with E-state index in [-0.39, 0.29) is 17.4 Å².